The highest BCUT2D eigenvalue weighted by atomic mass is 35.5. The van der Waals surface area contributed by atoms with Gasteiger partial charge in [0.05, 0.1) is 25.3 Å². The number of aromatic nitrogens is 2. The molecule has 1 heterocycles. The Morgan fingerprint density at radius 1 is 0.962 bits per heavy atom. The number of benzene rings is 2. The number of para-hydroxylation sites is 1. The molecule has 2 aromatic carbocycles. The van der Waals surface area contributed by atoms with Gasteiger partial charge in [0, 0.05) is 23.7 Å². The molecule has 0 aliphatic carbocycles. The van der Waals surface area contributed by atoms with Crippen LogP contribution < -0.4 is 4.74 Å². The molecule has 26 heavy (non-hydrogen) atoms. The number of hydrogen-bond acceptors (Lipinski definition) is 3. The lowest BCUT2D eigenvalue weighted by Gasteiger charge is -2.19. The molecule has 0 bridgehead atoms. The Morgan fingerprint density at radius 3 is 2.15 bits per heavy atom. The number of halogens is 4. The van der Waals surface area contributed by atoms with E-state index < -0.39 is 0 Å². The molecule has 0 fully saturated rings. The van der Waals surface area contributed by atoms with Crippen molar-refractivity contribution in [2.75, 3.05) is 6.61 Å². The highest BCUT2D eigenvalue weighted by molar-refractivity contribution is 8.00. The van der Waals surface area contributed by atoms with Gasteiger partial charge in [-0.2, -0.15) is 0 Å². The highest BCUT2D eigenvalue weighted by Gasteiger charge is 2.19. The Hall–Kier alpha value is -1.04. The van der Waals surface area contributed by atoms with Crippen LogP contribution in [-0.2, 0) is 6.42 Å². The minimum absolute atomic E-state index is 0.00844. The second-order valence-electron chi connectivity index (χ2n) is 5.39. The van der Waals surface area contributed by atoms with E-state index in [9.17, 15) is 0 Å². The lowest BCUT2D eigenvalue weighted by molar-refractivity contribution is 0.316. The molecule has 0 aliphatic rings. The fraction of sp³-hybridized carbons (Fsp3) is 0.167. The van der Waals surface area contributed by atoms with E-state index >= 15 is 0 Å². The van der Waals surface area contributed by atoms with Crippen LogP contribution in [0.1, 0.15) is 5.82 Å². The molecule has 0 saturated heterocycles. The Labute approximate surface area is 176 Å². The summed E-state index contributed by atoms with van der Waals surface area (Å²) in [5.41, 5.74) is 0. The number of aromatic amines is 1. The van der Waals surface area contributed by atoms with Crippen molar-refractivity contribution >= 4 is 58.2 Å². The lowest BCUT2D eigenvalue weighted by Crippen LogP contribution is -2.18. The van der Waals surface area contributed by atoms with Crippen molar-refractivity contribution in [1.82, 2.24) is 9.97 Å². The molecule has 0 spiro atoms. The first-order chi connectivity index (χ1) is 12.5. The predicted octanol–water partition coefficient (Wildman–Crippen LogP) is 6.81. The van der Waals surface area contributed by atoms with Gasteiger partial charge in [0.2, 0.25) is 0 Å². The Morgan fingerprint density at radius 2 is 1.58 bits per heavy atom. The van der Waals surface area contributed by atoms with E-state index in [1.54, 1.807) is 30.6 Å². The van der Waals surface area contributed by atoms with Crippen molar-refractivity contribution in [2.24, 2.45) is 0 Å². The van der Waals surface area contributed by atoms with Gasteiger partial charge in [-0.05, 0) is 24.3 Å². The van der Waals surface area contributed by atoms with Crippen LogP contribution in [0.15, 0.2) is 53.7 Å². The van der Waals surface area contributed by atoms with Crippen molar-refractivity contribution < 1.29 is 4.74 Å². The quantitative estimate of drug-likeness (QED) is 0.404. The van der Waals surface area contributed by atoms with Crippen molar-refractivity contribution in [2.45, 2.75) is 16.6 Å². The molecule has 8 heteroatoms. The van der Waals surface area contributed by atoms with Crippen LogP contribution >= 0.6 is 58.2 Å². The topological polar surface area (TPSA) is 37.9 Å². The lowest BCUT2D eigenvalue weighted by atomic mass is 10.3. The maximum absolute atomic E-state index is 6.31. The third-order valence-corrected chi connectivity index (χ3v) is 6.27. The van der Waals surface area contributed by atoms with Crippen molar-refractivity contribution in [1.29, 1.82) is 0 Å². The van der Waals surface area contributed by atoms with Crippen LogP contribution in [0.3, 0.4) is 0 Å². The van der Waals surface area contributed by atoms with Crippen molar-refractivity contribution in [3.05, 3.63) is 74.7 Å². The van der Waals surface area contributed by atoms with Crippen LogP contribution in [0.2, 0.25) is 20.1 Å². The average Bonchev–Trinajstić information content (AvgIpc) is 3.10. The summed E-state index contributed by atoms with van der Waals surface area (Å²) in [6.45, 7) is 0.358. The summed E-state index contributed by atoms with van der Waals surface area (Å²) in [6.07, 6.45) is 4.14. The van der Waals surface area contributed by atoms with Gasteiger partial charge in [0.15, 0.2) is 5.75 Å². The third-order valence-electron chi connectivity index (χ3n) is 3.51. The largest absolute Gasteiger partial charge is 0.489 e. The molecule has 0 amide bonds. The summed E-state index contributed by atoms with van der Waals surface area (Å²) in [5.74, 6) is 1.31. The number of thioether (sulfide) groups is 1. The fourth-order valence-electron chi connectivity index (χ4n) is 2.32. The van der Waals surface area contributed by atoms with Gasteiger partial charge in [0.1, 0.15) is 12.4 Å². The van der Waals surface area contributed by atoms with E-state index in [-0.39, 0.29) is 5.25 Å². The van der Waals surface area contributed by atoms with Gasteiger partial charge in [-0.15, -0.1) is 11.8 Å². The highest BCUT2D eigenvalue weighted by Crippen LogP contribution is 2.38. The minimum Gasteiger partial charge on any atom is -0.489 e. The molecule has 1 unspecified atom stereocenters. The van der Waals surface area contributed by atoms with Crippen LogP contribution in [0.25, 0.3) is 0 Å². The molecule has 0 radical (unpaired) electrons. The van der Waals surface area contributed by atoms with Crippen LogP contribution in [0.4, 0.5) is 0 Å². The van der Waals surface area contributed by atoms with Crippen molar-refractivity contribution in [3.8, 4) is 5.75 Å². The number of hydrogen-bond donors (Lipinski definition) is 1. The first-order valence-corrected chi connectivity index (χ1v) is 10.1. The molecular weight excluding hydrogens is 434 g/mol. The summed E-state index contributed by atoms with van der Waals surface area (Å²) < 4.78 is 5.92. The molecule has 0 aliphatic heterocycles. The molecule has 136 valence electrons. The van der Waals surface area contributed by atoms with Gasteiger partial charge >= 0.3 is 0 Å². The summed E-state index contributed by atoms with van der Waals surface area (Å²) in [6, 6.07) is 10.7. The Bertz CT molecular complexity index is 833. The SMILES string of the molecule is Clc1cccc(Cl)c1OCC(Cc1ncc[nH]1)Sc1c(Cl)cccc1Cl. The normalized spacial score (nSPS) is 12.2. The van der Waals surface area contributed by atoms with E-state index in [0.29, 0.717) is 38.9 Å². The fourth-order valence-corrected chi connectivity index (χ4v) is 4.56. The van der Waals surface area contributed by atoms with Crippen LogP contribution in [-0.4, -0.2) is 21.8 Å². The molecule has 1 atom stereocenters. The second-order valence-corrected chi connectivity index (χ2v) is 8.33. The van der Waals surface area contributed by atoms with Gasteiger partial charge in [-0.1, -0.05) is 58.5 Å². The maximum Gasteiger partial charge on any atom is 0.156 e. The van der Waals surface area contributed by atoms with Crippen LogP contribution in [0.5, 0.6) is 5.75 Å². The Balaban J connectivity index is 1.79. The van der Waals surface area contributed by atoms with E-state index in [4.69, 9.17) is 51.1 Å². The summed E-state index contributed by atoms with van der Waals surface area (Å²) >= 11 is 26.5. The zero-order valence-electron chi connectivity index (χ0n) is 13.4. The summed E-state index contributed by atoms with van der Waals surface area (Å²) in [5, 5.41) is 2.13. The molecule has 0 saturated carbocycles. The Kier molecular flexibility index (Phi) is 7.01. The number of nitrogens with zero attached hydrogens (tertiary/aromatic N) is 1. The van der Waals surface area contributed by atoms with Gasteiger partial charge in [0.25, 0.3) is 0 Å². The van der Waals surface area contributed by atoms with Gasteiger partial charge < -0.3 is 9.72 Å². The monoisotopic (exact) mass is 446 g/mol. The predicted molar refractivity (Wildman–Crippen MR) is 110 cm³/mol. The molecule has 1 N–H and O–H groups in total. The first-order valence-electron chi connectivity index (χ1n) is 7.70. The van der Waals surface area contributed by atoms with E-state index in [1.807, 2.05) is 18.2 Å². The minimum atomic E-state index is -0.00844. The third kappa shape index (κ3) is 5.02. The van der Waals surface area contributed by atoms with Gasteiger partial charge in [-0.25, -0.2) is 4.98 Å². The molecule has 3 nitrogen and oxygen atoms in total. The smallest absolute Gasteiger partial charge is 0.156 e. The van der Waals surface area contributed by atoms with Crippen LogP contribution in [0, 0.1) is 0 Å². The first kappa shape index (κ1) is 19.7. The number of ether oxygens (including phenoxy) is 1. The maximum atomic E-state index is 6.31. The van der Waals surface area contributed by atoms with E-state index in [2.05, 4.69) is 9.97 Å². The van der Waals surface area contributed by atoms with E-state index in [1.165, 1.54) is 11.8 Å². The second kappa shape index (κ2) is 9.25. The van der Waals surface area contributed by atoms with Gasteiger partial charge in [-0.3, -0.25) is 0 Å². The average molecular weight is 448 g/mol. The number of H-pyrrole nitrogens is 1. The van der Waals surface area contributed by atoms with Crippen molar-refractivity contribution in [3.63, 3.8) is 0 Å². The summed E-state index contributed by atoms with van der Waals surface area (Å²) in [4.78, 5) is 8.20. The molecule has 3 rings (SSSR count). The number of nitrogens with one attached hydrogen (secondary N) is 1. The van der Waals surface area contributed by atoms with E-state index in [0.717, 1.165) is 10.7 Å². The molecule has 1 aromatic heterocycles. The molecule has 3 aromatic rings. The standard InChI is InChI=1S/C18H14Cl4N2OS/c19-12-3-1-4-13(20)17(12)25-10-11(9-16-23-7-8-24-16)26-18-14(21)5-2-6-15(18)22/h1-8,11H,9-10H2,(H,23,24). The zero-order chi connectivity index (χ0) is 18.5. The summed E-state index contributed by atoms with van der Waals surface area (Å²) in [7, 11) is 0. The molecular formula is C18H14Cl4N2OS. The number of imidazole rings is 1. The number of rotatable bonds is 7. The zero-order valence-corrected chi connectivity index (χ0v) is 17.2.